The molecular formula is C30H23N5O6S2. The number of nitrogens with zero attached hydrogens (tertiary/aromatic N) is 4. The van der Waals surface area contributed by atoms with Crippen molar-refractivity contribution in [3.63, 3.8) is 0 Å². The van der Waals surface area contributed by atoms with Crippen LogP contribution in [0, 0.1) is 33.3 Å². The molecule has 1 aliphatic carbocycles. The number of aromatic nitrogens is 1. The number of nitro groups is 1. The summed E-state index contributed by atoms with van der Waals surface area (Å²) in [5.74, 6) is -0.902. The summed E-state index contributed by atoms with van der Waals surface area (Å²) in [7, 11) is 0. The molecular weight excluding hydrogens is 590 g/mol. The van der Waals surface area contributed by atoms with Crippen LogP contribution in [0.2, 0.25) is 0 Å². The Kier molecular flexibility index (Phi) is 7.79. The minimum atomic E-state index is -0.634. The van der Waals surface area contributed by atoms with Gasteiger partial charge in [0, 0.05) is 6.07 Å². The number of furan rings is 1. The SMILES string of the molecule is N#C/C(=C\c1ccc(Sc2nc3ccc(N4C(=O)[C@H]5CCCC[C@H]5C4=O)cc3s2)c([N+](=O)[O-])c1)C(=O)NCc1ccco1. The first kappa shape index (κ1) is 28.3. The van der Waals surface area contributed by atoms with Crippen LogP contribution in [0.15, 0.2) is 74.0 Å². The number of nitro benzene ring substituents is 1. The van der Waals surface area contributed by atoms with Crippen LogP contribution in [0.5, 0.6) is 0 Å². The number of fused-ring (bicyclic) bond motifs is 2. The molecule has 2 aromatic carbocycles. The van der Waals surface area contributed by atoms with Gasteiger partial charge in [0.2, 0.25) is 11.8 Å². The highest BCUT2D eigenvalue weighted by Gasteiger charge is 2.48. The fraction of sp³-hybridized carbons (Fsp3) is 0.233. The third-order valence-corrected chi connectivity index (χ3v) is 9.65. The summed E-state index contributed by atoms with van der Waals surface area (Å²) in [5.41, 5.74) is 1.06. The highest BCUT2D eigenvalue weighted by Crippen LogP contribution is 2.43. The van der Waals surface area contributed by atoms with Gasteiger partial charge in [0.05, 0.1) is 50.4 Å². The molecule has 3 amide bonds. The quantitative estimate of drug-likeness (QED) is 0.0845. The van der Waals surface area contributed by atoms with Gasteiger partial charge in [-0.3, -0.25) is 29.4 Å². The van der Waals surface area contributed by atoms with Gasteiger partial charge >= 0.3 is 0 Å². The maximum atomic E-state index is 13.0. The zero-order chi connectivity index (χ0) is 30.1. The van der Waals surface area contributed by atoms with Gasteiger partial charge in [0.15, 0.2) is 4.34 Å². The minimum Gasteiger partial charge on any atom is -0.467 e. The number of nitriles is 1. The summed E-state index contributed by atoms with van der Waals surface area (Å²) in [6.45, 7) is 0.0932. The van der Waals surface area contributed by atoms with Crippen molar-refractivity contribution in [1.82, 2.24) is 10.3 Å². The van der Waals surface area contributed by atoms with Crippen LogP contribution in [0.25, 0.3) is 16.3 Å². The number of amides is 3. The standard InChI is InChI=1S/C30H23N5O6S2/c31-15-18(27(36)32-16-20-4-3-11-41-20)12-17-7-10-25(24(13-17)35(39)40)42-30-33-23-9-8-19(14-26(23)43-30)34-28(37)21-5-1-2-6-22(21)29(34)38/h3-4,7-14,21-22H,1-2,5-6,16H2,(H,32,36)/b18-12+/t21-,22+. The molecule has 0 radical (unpaired) electrons. The molecule has 0 spiro atoms. The normalized spacial score (nSPS) is 18.5. The van der Waals surface area contributed by atoms with Crippen LogP contribution < -0.4 is 10.2 Å². The van der Waals surface area contributed by atoms with Crippen molar-refractivity contribution in [3.05, 3.63) is 81.8 Å². The lowest BCUT2D eigenvalue weighted by Gasteiger charge is -2.19. The Morgan fingerprint density at radius 1 is 1.19 bits per heavy atom. The van der Waals surface area contributed by atoms with Crippen molar-refractivity contribution < 1.29 is 23.7 Å². The average Bonchev–Trinajstić information content (AvgIpc) is 3.73. The molecule has 13 heteroatoms. The number of anilines is 1. The molecule has 2 aromatic heterocycles. The number of benzene rings is 2. The molecule has 2 atom stereocenters. The number of carbonyl (C=O) groups is 3. The molecule has 2 aliphatic rings. The van der Waals surface area contributed by atoms with E-state index in [2.05, 4.69) is 10.3 Å². The summed E-state index contributed by atoms with van der Waals surface area (Å²) in [6.07, 6.45) is 6.13. The van der Waals surface area contributed by atoms with Crippen molar-refractivity contribution in [1.29, 1.82) is 5.26 Å². The molecule has 0 unspecified atom stereocenters. The molecule has 1 N–H and O–H groups in total. The van der Waals surface area contributed by atoms with E-state index in [1.54, 1.807) is 42.5 Å². The summed E-state index contributed by atoms with van der Waals surface area (Å²) < 4.78 is 6.46. The van der Waals surface area contributed by atoms with Crippen LogP contribution in [-0.2, 0) is 20.9 Å². The Morgan fingerprint density at radius 2 is 1.95 bits per heavy atom. The number of imide groups is 1. The summed E-state index contributed by atoms with van der Waals surface area (Å²) in [5, 5.41) is 24.0. The number of rotatable bonds is 8. The van der Waals surface area contributed by atoms with E-state index < -0.39 is 10.8 Å². The van der Waals surface area contributed by atoms with E-state index in [0.717, 1.165) is 42.1 Å². The van der Waals surface area contributed by atoms with E-state index in [1.807, 2.05) is 6.07 Å². The predicted molar refractivity (Wildman–Crippen MR) is 159 cm³/mol. The van der Waals surface area contributed by atoms with Gasteiger partial charge in [0.25, 0.3) is 11.6 Å². The Morgan fingerprint density at radius 3 is 2.63 bits per heavy atom. The second kappa shape index (κ2) is 11.8. The molecule has 4 aromatic rings. The summed E-state index contributed by atoms with van der Waals surface area (Å²) in [6, 6.07) is 14.9. The monoisotopic (exact) mass is 613 g/mol. The molecule has 11 nitrogen and oxygen atoms in total. The second-order valence-electron chi connectivity index (χ2n) is 10.2. The van der Waals surface area contributed by atoms with E-state index in [-0.39, 0.29) is 41.5 Å². The summed E-state index contributed by atoms with van der Waals surface area (Å²) in [4.78, 5) is 56.2. The molecule has 43 heavy (non-hydrogen) atoms. The number of thiazole rings is 1. The van der Waals surface area contributed by atoms with E-state index in [0.29, 0.717) is 31.8 Å². The number of hydrogen-bond donors (Lipinski definition) is 1. The zero-order valence-electron chi connectivity index (χ0n) is 22.5. The van der Waals surface area contributed by atoms with Crippen molar-refractivity contribution in [2.24, 2.45) is 11.8 Å². The van der Waals surface area contributed by atoms with Gasteiger partial charge < -0.3 is 9.73 Å². The van der Waals surface area contributed by atoms with Gasteiger partial charge in [0.1, 0.15) is 17.4 Å². The Labute approximate surface area is 253 Å². The van der Waals surface area contributed by atoms with Gasteiger partial charge in [-0.25, -0.2) is 4.98 Å². The molecule has 0 bridgehead atoms. The van der Waals surface area contributed by atoms with Crippen molar-refractivity contribution >= 4 is 68.5 Å². The molecule has 1 saturated heterocycles. The lowest BCUT2D eigenvalue weighted by molar-refractivity contribution is -0.387. The van der Waals surface area contributed by atoms with Gasteiger partial charge in [-0.15, -0.1) is 11.3 Å². The zero-order valence-corrected chi connectivity index (χ0v) is 24.2. The van der Waals surface area contributed by atoms with E-state index >= 15 is 0 Å². The highest BCUT2D eigenvalue weighted by molar-refractivity contribution is 8.01. The van der Waals surface area contributed by atoms with E-state index in [9.17, 15) is 29.8 Å². The van der Waals surface area contributed by atoms with Crippen LogP contribution in [-0.4, -0.2) is 27.6 Å². The fourth-order valence-electron chi connectivity index (χ4n) is 5.43. The number of nitrogens with one attached hydrogen (secondary N) is 1. The van der Waals surface area contributed by atoms with E-state index in [4.69, 9.17) is 4.42 Å². The smallest absolute Gasteiger partial charge is 0.283 e. The maximum absolute atomic E-state index is 13.0. The van der Waals surface area contributed by atoms with Gasteiger partial charge in [-0.05, 0) is 60.9 Å². The molecule has 3 heterocycles. The fourth-order valence-corrected chi connectivity index (χ4v) is 7.57. The Balaban J connectivity index is 1.21. The largest absolute Gasteiger partial charge is 0.467 e. The third-order valence-electron chi connectivity index (χ3n) is 7.51. The van der Waals surface area contributed by atoms with Crippen LogP contribution in [0.4, 0.5) is 11.4 Å². The van der Waals surface area contributed by atoms with Crippen LogP contribution >= 0.6 is 23.1 Å². The third kappa shape index (κ3) is 5.67. The van der Waals surface area contributed by atoms with E-state index in [1.165, 1.54) is 34.6 Å². The van der Waals surface area contributed by atoms with Gasteiger partial charge in [-0.2, -0.15) is 5.26 Å². The Bertz CT molecular complexity index is 1820. The van der Waals surface area contributed by atoms with Gasteiger partial charge in [-0.1, -0.05) is 30.7 Å². The maximum Gasteiger partial charge on any atom is 0.283 e. The predicted octanol–water partition coefficient (Wildman–Crippen LogP) is 5.85. The molecule has 216 valence electrons. The second-order valence-corrected chi connectivity index (χ2v) is 12.5. The number of hydrogen-bond acceptors (Lipinski definition) is 10. The molecule has 1 aliphatic heterocycles. The first-order valence-electron chi connectivity index (χ1n) is 13.5. The van der Waals surface area contributed by atoms with Crippen molar-refractivity contribution in [2.45, 2.75) is 41.5 Å². The molecule has 6 rings (SSSR count). The molecule has 1 saturated carbocycles. The number of carbonyl (C=O) groups excluding carboxylic acids is 3. The van der Waals surface area contributed by atoms with Crippen molar-refractivity contribution in [3.8, 4) is 6.07 Å². The highest BCUT2D eigenvalue weighted by atomic mass is 32.2. The lowest BCUT2D eigenvalue weighted by atomic mass is 9.81. The average molecular weight is 614 g/mol. The van der Waals surface area contributed by atoms with Crippen molar-refractivity contribution in [2.75, 3.05) is 4.90 Å². The topological polar surface area (TPSA) is 159 Å². The first-order chi connectivity index (χ1) is 20.8. The Hall–Kier alpha value is -4.80. The van der Waals surface area contributed by atoms with Crippen LogP contribution in [0.1, 0.15) is 37.0 Å². The minimum absolute atomic E-state index is 0.0932. The molecule has 2 fully saturated rings. The van der Waals surface area contributed by atoms with Crippen LogP contribution in [0.3, 0.4) is 0 Å². The lowest BCUT2D eigenvalue weighted by Crippen LogP contribution is -2.30. The summed E-state index contributed by atoms with van der Waals surface area (Å²) >= 11 is 2.42. The first-order valence-corrected chi connectivity index (χ1v) is 15.1.